The van der Waals surface area contributed by atoms with Gasteiger partial charge in [0.15, 0.2) is 0 Å². The average Bonchev–Trinajstić information content (AvgIpc) is 3.17. The number of benzene rings is 1. The molecular weight excluding hydrogens is 429 g/mol. The fraction of sp³-hybridized carbons (Fsp3) is 0.389. The third kappa shape index (κ3) is 5.35. The molecule has 0 unspecified atom stereocenters. The number of amides is 1. The van der Waals surface area contributed by atoms with Crippen molar-refractivity contribution >= 4 is 27.3 Å². The number of hydrogen-bond acceptors (Lipinski definition) is 5. The van der Waals surface area contributed by atoms with Gasteiger partial charge >= 0.3 is 6.18 Å². The van der Waals surface area contributed by atoms with Gasteiger partial charge in [-0.15, -0.1) is 11.3 Å². The Morgan fingerprint density at radius 2 is 1.83 bits per heavy atom. The summed E-state index contributed by atoms with van der Waals surface area (Å²) in [7, 11) is -3.62. The summed E-state index contributed by atoms with van der Waals surface area (Å²) in [5, 5.41) is 2.55. The van der Waals surface area contributed by atoms with Crippen LogP contribution in [0.15, 0.2) is 40.6 Å². The van der Waals surface area contributed by atoms with Gasteiger partial charge in [0, 0.05) is 18.0 Å². The monoisotopic (exact) mass is 448 g/mol. The Morgan fingerprint density at radius 3 is 2.52 bits per heavy atom. The number of nitrogens with zero attached hydrogens (tertiary/aromatic N) is 1. The highest BCUT2D eigenvalue weighted by molar-refractivity contribution is 7.91. The number of alkyl halides is 3. The zero-order valence-electron chi connectivity index (χ0n) is 15.2. The van der Waals surface area contributed by atoms with Crippen molar-refractivity contribution in [1.29, 1.82) is 0 Å². The topological polar surface area (TPSA) is 75.7 Å². The summed E-state index contributed by atoms with van der Waals surface area (Å²) in [6.45, 7) is 1.28. The summed E-state index contributed by atoms with van der Waals surface area (Å²) >= 11 is 1.02. The van der Waals surface area contributed by atoms with E-state index in [4.69, 9.17) is 4.74 Å². The van der Waals surface area contributed by atoms with Gasteiger partial charge in [0.25, 0.3) is 10.0 Å². The molecule has 0 bridgehead atoms. The molecule has 1 aromatic carbocycles. The number of carbonyl (C=O) groups excluding carboxylic acids is 1. The van der Waals surface area contributed by atoms with Crippen molar-refractivity contribution in [2.24, 2.45) is 0 Å². The van der Waals surface area contributed by atoms with Gasteiger partial charge in [0.05, 0.1) is 31.7 Å². The Hall–Kier alpha value is -1.95. The van der Waals surface area contributed by atoms with Gasteiger partial charge in [-0.2, -0.15) is 17.5 Å². The first-order valence-electron chi connectivity index (χ1n) is 8.76. The van der Waals surface area contributed by atoms with E-state index < -0.39 is 34.1 Å². The molecule has 1 aromatic heterocycles. The Labute approximate surface area is 170 Å². The second-order valence-corrected chi connectivity index (χ2v) is 9.68. The molecule has 1 N–H and O–H groups in total. The largest absolute Gasteiger partial charge is 0.416 e. The Balaban J connectivity index is 1.61. The van der Waals surface area contributed by atoms with Crippen LogP contribution in [0.3, 0.4) is 0 Å². The van der Waals surface area contributed by atoms with Crippen molar-refractivity contribution in [1.82, 2.24) is 9.62 Å². The standard InChI is InChI=1S/C18H19F3N2O4S2/c19-18(20,21)15-4-2-1-3-13(15)11-16(24)22-12-14-5-6-17(28-14)29(25,26)23-7-9-27-10-8-23/h1-6H,7-12H2,(H,22,24). The fourth-order valence-electron chi connectivity index (χ4n) is 2.88. The summed E-state index contributed by atoms with van der Waals surface area (Å²) in [6, 6.07) is 7.97. The van der Waals surface area contributed by atoms with Crippen molar-refractivity contribution in [2.75, 3.05) is 26.3 Å². The van der Waals surface area contributed by atoms with Gasteiger partial charge in [-0.25, -0.2) is 8.42 Å². The number of nitrogens with one attached hydrogen (secondary N) is 1. The van der Waals surface area contributed by atoms with Gasteiger partial charge in [0.2, 0.25) is 5.91 Å². The molecule has 11 heteroatoms. The third-order valence-electron chi connectivity index (χ3n) is 4.33. The van der Waals surface area contributed by atoms with E-state index in [1.165, 1.54) is 28.6 Å². The average molecular weight is 448 g/mol. The van der Waals surface area contributed by atoms with Crippen LogP contribution in [0.1, 0.15) is 16.0 Å². The molecular formula is C18H19F3N2O4S2. The van der Waals surface area contributed by atoms with Crippen LogP contribution >= 0.6 is 11.3 Å². The maximum atomic E-state index is 13.0. The lowest BCUT2D eigenvalue weighted by atomic mass is 10.0. The smallest absolute Gasteiger partial charge is 0.379 e. The quantitative estimate of drug-likeness (QED) is 0.737. The van der Waals surface area contributed by atoms with Crippen LogP contribution < -0.4 is 5.32 Å². The number of morpholine rings is 1. The van der Waals surface area contributed by atoms with Gasteiger partial charge in [-0.05, 0) is 23.8 Å². The summed E-state index contributed by atoms with van der Waals surface area (Å²) in [6.07, 6.45) is -4.95. The van der Waals surface area contributed by atoms with E-state index in [1.807, 2.05) is 0 Å². The molecule has 29 heavy (non-hydrogen) atoms. The van der Waals surface area contributed by atoms with Crippen LogP contribution in [0, 0.1) is 0 Å². The molecule has 6 nitrogen and oxygen atoms in total. The van der Waals surface area contributed by atoms with Gasteiger partial charge in [-0.3, -0.25) is 4.79 Å². The molecule has 1 aliphatic heterocycles. The highest BCUT2D eigenvalue weighted by Crippen LogP contribution is 2.32. The van der Waals surface area contributed by atoms with E-state index in [-0.39, 0.29) is 29.4 Å². The number of hydrogen-bond donors (Lipinski definition) is 1. The first-order valence-corrected chi connectivity index (χ1v) is 11.0. The number of carbonyl (C=O) groups is 1. The van der Waals surface area contributed by atoms with Crippen molar-refractivity contribution in [3.05, 3.63) is 52.4 Å². The lowest BCUT2D eigenvalue weighted by molar-refractivity contribution is -0.138. The van der Waals surface area contributed by atoms with Crippen LogP contribution in [0.2, 0.25) is 0 Å². The minimum absolute atomic E-state index is 0.0380. The van der Waals surface area contributed by atoms with Crippen molar-refractivity contribution in [2.45, 2.75) is 23.4 Å². The third-order valence-corrected chi connectivity index (χ3v) is 7.79. The van der Waals surface area contributed by atoms with Crippen LogP contribution in [0.5, 0.6) is 0 Å². The highest BCUT2D eigenvalue weighted by atomic mass is 32.2. The molecule has 0 atom stereocenters. The molecule has 3 rings (SSSR count). The minimum Gasteiger partial charge on any atom is -0.379 e. The number of halogens is 3. The molecule has 0 radical (unpaired) electrons. The molecule has 1 amide bonds. The Bertz CT molecular complexity index is 967. The van der Waals surface area contributed by atoms with Crippen molar-refractivity contribution < 1.29 is 31.1 Å². The summed E-state index contributed by atoms with van der Waals surface area (Å²) < 4.78 is 70.9. The first-order chi connectivity index (χ1) is 13.7. The summed E-state index contributed by atoms with van der Waals surface area (Å²) in [4.78, 5) is 12.7. The van der Waals surface area contributed by atoms with Gasteiger partial charge in [0.1, 0.15) is 4.21 Å². The van der Waals surface area contributed by atoms with Crippen LogP contribution in [-0.4, -0.2) is 44.9 Å². The van der Waals surface area contributed by atoms with E-state index >= 15 is 0 Å². The first kappa shape index (κ1) is 21.8. The molecule has 0 spiro atoms. The molecule has 1 saturated heterocycles. The molecule has 2 aromatic rings. The van der Waals surface area contributed by atoms with Crippen molar-refractivity contribution in [3.8, 4) is 0 Å². The predicted octanol–water partition coefficient (Wildman–Crippen LogP) is 2.65. The molecule has 0 saturated carbocycles. The molecule has 158 valence electrons. The van der Waals surface area contributed by atoms with Crippen molar-refractivity contribution in [3.63, 3.8) is 0 Å². The van der Waals surface area contributed by atoms with Gasteiger partial charge < -0.3 is 10.1 Å². The molecule has 2 heterocycles. The van der Waals surface area contributed by atoms with E-state index in [2.05, 4.69) is 5.32 Å². The lowest BCUT2D eigenvalue weighted by Gasteiger charge is -2.25. The van der Waals surface area contributed by atoms with Crippen LogP contribution in [-0.2, 0) is 38.7 Å². The highest BCUT2D eigenvalue weighted by Gasteiger charge is 2.33. The fourth-order valence-corrected chi connectivity index (χ4v) is 5.74. The number of thiophene rings is 1. The van der Waals surface area contributed by atoms with Crippen LogP contribution in [0.4, 0.5) is 13.2 Å². The summed E-state index contributed by atoms with van der Waals surface area (Å²) in [5.41, 5.74) is -0.954. The molecule has 0 aliphatic carbocycles. The molecule has 1 fully saturated rings. The normalized spacial score (nSPS) is 16.0. The Morgan fingerprint density at radius 1 is 1.14 bits per heavy atom. The number of ether oxygens (including phenoxy) is 1. The SMILES string of the molecule is O=C(Cc1ccccc1C(F)(F)F)NCc1ccc(S(=O)(=O)N2CCOCC2)s1. The number of sulfonamides is 1. The maximum Gasteiger partial charge on any atom is 0.416 e. The minimum atomic E-state index is -4.53. The second kappa shape index (κ2) is 8.82. The van der Waals surface area contributed by atoms with E-state index in [9.17, 15) is 26.4 Å². The van der Waals surface area contributed by atoms with Gasteiger partial charge in [-0.1, -0.05) is 18.2 Å². The van der Waals surface area contributed by atoms with E-state index in [1.54, 1.807) is 6.07 Å². The second-order valence-electron chi connectivity index (χ2n) is 6.35. The number of rotatable bonds is 6. The Kier molecular flexibility index (Phi) is 6.62. The molecule has 1 aliphatic rings. The van der Waals surface area contributed by atoms with E-state index in [0.717, 1.165) is 17.4 Å². The lowest BCUT2D eigenvalue weighted by Crippen LogP contribution is -2.40. The zero-order valence-corrected chi connectivity index (χ0v) is 16.9. The van der Waals surface area contributed by atoms with E-state index in [0.29, 0.717) is 18.1 Å². The summed E-state index contributed by atoms with van der Waals surface area (Å²) in [5.74, 6) is -0.576. The van der Waals surface area contributed by atoms with Crippen LogP contribution in [0.25, 0.3) is 0 Å². The predicted molar refractivity (Wildman–Crippen MR) is 101 cm³/mol. The maximum absolute atomic E-state index is 13.0. The zero-order chi connectivity index (χ0) is 21.1.